The summed E-state index contributed by atoms with van der Waals surface area (Å²) in [6.07, 6.45) is 5.96. The number of fused-ring (bicyclic) bond motifs is 1. The number of nitrogens with zero attached hydrogens (tertiary/aromatic N) is 3. The van der Waals surface area contributed by atoms with Gasteiger partial charge < -0.3 is 10.1 Å². The van der Waals surface area contributed by atoms with Crippen LogP contribution in [0.1, 0.15) is 11.4 Å². The van der Waals surface area contributed by atoms with Gasteiger partial charge in [-0.05, 0) is 18.1 Å². The monoisotopic (exact) mass is 344 g/mol. The van der Waals surface area contributed by atoms with Gasteiger partial charge in [0.1, 0.15) is 5.01 Å². The van der Waals surface area contributed by atoms with Crippen LogP contribution in [0.4, 0.5) is 5.69 Å². The molecule has 24 heavy (non-hydrogen) atoms. The second kappa shape index (κ2) is 6.96. The molecule has 2 fully saturated rings. The predicted molar refractivity (Wildman–Crippen MR) is 91.6 cm³/mol. The van der Waals surface area contributed by atoms with Crippen molar-refractivity contribution in [2.24, 2.45) is 11.8 Å². The third-order valence-corrected chi connectivity index (χ3v) is 5.51. The fourth-order valence-electron chi connectivity index (χ4n) is 3.63. The Morgan fingerprint density at radius 2 is 2.38 bits per heavy atom. The Hall–Kier alpha value is -1.83. The van der Waals surface area contributed by atoms with E-state index in [1.807, 2.05) is 23.7 Å². The lowest BCUT2D eigenvalue weighted by Crippen LogP contribution is -2.26. The standard InChI is InChI=1S/C17H20N4O2S/c22-16(20-13-2-1-3-18-7-13)6-12-11-23-15-9-21(8-14(12)15)10-17-19-4-5-24-17/h1-5,7,12,14-15H,6,8-11H2,(H,20,22)/t12-,14+,15+/m0/s1. The molecule has 6 nitrogen and oxygen atoms in total. The van der Waals surface area contributed by atoms with Gasteiger partial charge in [0, 0.05) is 43.2 Å². The molecule has 0 aliphatic carbocycles. The molecule has 1 amide bonds. The molecule has 0 saturated carbocycles. The summed E-state index contributed by atoms with van der Waals surface area (Å²) in [7, 11) is 0. The van der Waals surface area contributed by atoms with Crippen molar-refractivity contribution in [3.8, 4) is 0 Å². The molecule has 0 spiro atoms. The smallest absolute Gasteiger partial charge is 0.224 e. The van der Waals surface area contributed by atoms with E-state index in [2.05, 4.69) is 20.2 Å². The number of ether oxygens (including phenoxy) is 1. The Balaban J connectivity index is 1.31. The molecule has 2 aromatic rings. The van der Waals surface area contributed by atoms with Crippen LogP contribution in [0, 0.1) is 11.8 Å². The van der Waals surface area contributed by atoms with Crippen LogP contribution >= 0.6 is 11.3 Å². The first-order valence-corrected chi connectivity index (χ1v) is 9.08. The zero-order valence-electron chi connectivity index (χ0n) is 13.3. The molecule has 0 aromatic carbocycles. The highest BCUT2D eigenvalue weighted by molar-refractivity contribution is 7.09. The molecule has 7 heteroatoms. The van der Waals surface area contributed by atoms with Crippen molar-refractivity contribution in [3.63, 3.8) is 0 Å². The van der Waals surface area contributed by atoms with Crippen molar-refractivity contribution in [2.75, 3.05) is 25.0 Å². The topological polar surface area (TPSA) is 67.3 Å². The number of thiazole rings is 1. The highest BCUT2D eigenvalue weighted by Gasteiger charge is 2.44. The molecule has 2 aliphatic heterocycles. The van der Waals surface area contributed by atoms with Crippen LogP contribution in [0.3, 0.4) is 0 Å². The van der Waals surface area contributed by atoms with E-state index < -0.39 is 0 Å². The number of aromatic nitrogens is 2. The minimum absolute atomic E-state index is 0.0376. The number of pyridine rings is 1. The van der Waals surface area contributed by atoms with Crippen LogP contribution in [0.5, 0.6) is 0 Å². The van der Waals surface area contributed by atoms with Gasteiger partial charge in [0.2, 0.25) is 5.91 Å². The average Bonchev–Trinajstić information content (AvgIpc) is 3.28. The molecule has 0 bridgehead atoms. The molecule has 0 radical (unpaired) electrons. The third kappa shape index (κ3) is 3.48. The van der Waals surface area contributed by atoms with Crippen molar-refractivity contribution in [2.45, 2.75) is 19.1 Å². The molecule has 0 unspecified atom stereocenters. The maximum absolute atomic E-state index is 12.3. The van der Waals surface area contributed by atoms with Crippen LogP contribution in [0.15, 0.2) is 36.1 Å². The Morgan fingerprint density at radius 1 is 1.42 bits per heavy atom. The number of hydrogen-bond acceptors (Lipinski definition) is 6. The zero-order valence-corrected chi connectivity index (χ0v) is 14.1. The largest absolute Gasteiger partial charge is 0.376 e. The maximum atomic E-state index is 12.3. The van der Waals surface area contributed by atoms with Crippen LogP contribution in [0.2, 0.25) is 0 Å². The quantitative estimate of drug-likeness (QED) is 0.899. The number of anilines is 1. The van der Waals surface area contributed by atoms with Gasteiger partial charge in [-0.15, -0.1) is 11.3 Å². The Morgan fingerprint density at radius 3 is 3.17 bits per heavy atom. The van der Waals surface area contributed by atoms with Gasteiger partial charge in [0.05, 0.1) is 31.1 Å². The van der Waals surface area contributed by atoms with Crippen LogP contribution in [-0.4, -0.2) is 46.6 Å². The second-order valence-corrected chi connectivity index (χ2v) is 7.39. The Bertz CT molecular complexity index is 679. The summed E-state index contributed by atoms with van der Waals surface area (Å²) in [4.78, 5) is 23.0. The lowest BCUT2D eigenvalue weighted by atomic mass is 9.90. The molecule has 3 atom stereocenters. The Labute approximate surface area is 144 Å². The van der Waals surface area contributed by atoms with E-state index in [1.165, 1.54) is 0 Å². The summed E-state index contributed by atoms with van der Waals surface area (Å²) < 4.78 is 5.94. The fraction of sp³-hybridized carbons (Fsp3) is 0.471. The lowest BCUT2D eigenvalue weighted by Gasteiger charge is -2.18. The minimum Gasteiger partial charge on any atom is -0.376 e. The lowest BCUT2D eigenvalue weighted by molar-refractivity contribution is -0.117. The average molecular weight is 344 g/mol. The zero-order chi connectivity index (χ0) is 16.4. The molecule has 2 saturated heterocycles. The summed E-state index contributed by atoms with van der Waals surface area (Å²) in [6, 6.07) is 3.67. The van der Waals surface area contributed by atoms with Crippen molar-refractivity contribution < 1.29 is 9.53 Å². The molecular formula is C17H20N4O2S. The fourth-order valence-corrected chi connectivity index (χ4v) is 4.29. The van der Waals surface area contributed by atoms with Gasteiger partial charge in [0.15, 0.2) is 0 Å². The first-order chi connectivity index (χ1) is 11.8. The highest BCUT2D eigenvalue weighted by Crippen LogP contribution is 2.36. The van der Waals surface area contributed by atoms with Crippen molar-refractivity contribution in [1.82, 2.24) is 14.9 Å². The first kappa shape index (κ1) is 15.7. The van der Waals surface area contributed by atoms with Gasteiger partial charge in [-0.3, -0.25) is 14.7 Å². The minimum atomic E-state index is 0.0376. The maximum Gasteiger partial charge on any atom is 0.224 e. The summed E-state index contributed by atoms with van der Waals surface area (Å²) in [5.41, 5.74) is 0.745. The van der Waals surface area contributed by atoms with E-state index in [-0.39, 0.29) is 17.9 Å². The van der Waals surface area contributed by atoms with Crippen molar-refractivity contribution >= 4 is 22.9 Å². The van der Waals surface area contributed by atoms with Gasteiger partial charge in [0.25, 0.3) is 0 Å². The summed E-state index contributed by atoms with van der Waals surface area (Å²) >= 11 is 1.69. The summed E-state index contributed by atoms with van der Waals surface area (Å²) in [5, 5.41) is 6.07. The molecule has 2 aliphatic rings. The molecule has 4 heterocycles. The first-order valence-electron chi connectivity index (χ1n) is 8.20. The van der Waals surface area contributed by atoms with E-state index in [0.717, 1.165) is 30.3 Å². The summed E-state index contributed by atoms with van der Waals surface area (Å²) in [6.45, 7) is 3.48. The van der Waals surface area contributed by atoms with Gasteiger partial charge in [-0.1, -0.05) is 0 Å². The number of carbonyl (C=O) groups excluding carboxylic acids is 1. The number of rotatable bonds is 5. The van der Waals surface area contributed by atoms with Crippen molar-refractivity contribution in [1.29, 1.82) is 0 Å². The number of hydrogen-bond donors (Lipinski definition) is 1. The molecular weight excluding hydrogens is 324 g/mol. The van der Waals surface area contributed by atoms with Crippen molar-refractivity contribution in [3.05, 3.63) is 41.1 Å². The highest BCUT2D eigenvalue weighted by atomic mass is 32.1. The van der Waals surface area contributed by atoms with Gasteiger partial charge in [-0.2, -0.15) is 0 Å². The van der Waals surface area contributed by atoms with E-state index in [0.29, 0.717) is 18.9 Å². The van der Waals surface area contributed by atoms with Crippen LogP contribution in [-0.2, 0) is 16.1 Å². The van der Waals surface area contributed by atoms with E-state index >= 15 is 0 Å². The van der Waals surface area contributed by atoms with E-state index in [9.17, 15) is 4.79 Å². The van der Waals surface area contributed by atoms with Gasteiger partial charge in [-0.25, -0.2) is 4.98 Å². The van der Waals surface area contributed by atoms with Crippen LogP contribution in [0.25, 0.3) is 0 Å². The second-order valence-electron chi connectivity index (χ2n) is 6.41. The summed E-state index contributed by atoms with van der Waals surface area (Å²) in [5.74, 6) is 0.758. The molecule has 4 rings (SSSR count). The SMILES string of the molecule is O=C(C[C@H]1CO[C@@H]2CN(Cc3nccs3)C[C@H]12)Nc1cccnc1. The van der Waals surface area contributed by atoms with Crippen LogP contribution < -0.4 is 5.32 Å². The van der Waals surface area contributed by atoms with Gasteiger partial charge >= 0.3 is 0 Å². The van der Waals surface area contributed by atoms with E-state index in [4.69, 9.17) is 4.74 Å². The Kier molecular flexibility index (Phi) is 4.55. The number of likely N-dealkylation sites (tertiary alicyclic amines) is 1. The third-order valence-electron chi connectivity index (χ3n) is 4.75. The number of nitrogens with one attached hydrogen (secondary N) is 1. The molecule has 126 valence electrons. The normalized spacial score (nSPS) is 26.4. The number of amides is 1. The number of carbonyl (C=O) groups is 1. The van der Waals surface area contributed by atoms with E-state index in [1.54, 1.807) is 23.7 Å². The predicted octanol–water partition coefficient (Wildman–Crippen LogP) is 2.01. The molecule has 1 N–H and O–H groups in total. The molecule has 2 aromatic heterocycles.